The van der Waals surface area contributed by atoms with Gasteiger partial charge in [0.15, 0.2) is 0 Å². The Bertz CT molecular complexity index is 243. The van der Waals surface area contributed by atoms with Crippen molar-refractivity contribution in [1.29, 1.82) is 0 Å². The maximum absolute atomic E-state index is 10.8. The van der Waals surface area contributed by atoms with Crippen LogP contribution in [0.15, 0.2) is 30.3 Å². The molecule has 0 unspecified atom stereocenters. The SMILES string of the molecule is [CH3][Co](=[O])[CH2]CCc1ccccc1. The van der Waals surface area contributed by atoms with Crippen LogP contribution >= 0.6 is 0 Å². The van der Waals surface area contributed by atoms with E-state index in [9.17, 15) is 3.87 Å². The van der Waals surface area contributed by atoms with Gasteiger partial charge in [0.05, 0.1) is 0 Å². The topological polar surface area (TPSA) is 17.1 Å². The van der Waals surface area contributed by atoms with Crippen LogP contribution in [0, 0.1) is 0 Å². The number of hydrogen-bond acceptors (Lipinski definition) is 1. The number of aryl methyl sites for hydroxylation is 1. The van der Waals surface area contributed by atoms with Crippen LogP contribution < -0.4 is 0 Å². The van der Waals surface area contributed by atoms with E-state index < -0.39 is 13.6 Å². The van der Waals surface area contributed by atoms with Crippen LogP contribution in [0.3, 0.4) is 0 Å². The van der Waals surface area contributed by atoms with Gasteiger partial charge in [0.1, 0.15) is 0 Å². The summed E-state index contributed by atoms with van der Waals surface area (Å²) in [5.74, 6) is 1.79. The Morgan fingerprint density at radius 3 is 2.50 bits per heavy atom. The third-order valence-electron chi connectivity index (χ3n) is 1.66. The normalized spacial score (nSPS) is 11.2. The summed E-state index contributed by atoms with van der Waals surface area (Å²) in [4.78, 5) is 0. The average molecular weight is 209 g/mol. The summed E-state index contributed by atoms with van der Waals surface area (Å²) in [6, 6.07) is 10.3. The molecule has 0 aliphatic carbocycles. The fourth-order valence-electron chi connectivity index (χ4n) is 1.07. The van der Waals surface area contributed by atoms with Crippen molar-refractivity contribution < 1.29 is 17.5 Å². The predicted octanol–water partition coefficient (Wildman–Crippen LogP) is 3.05. The van der Waals surface area contributed by atoms with Crippen molar-refractivity contribution >= 4 is 0 Å². The maximum atomic E-state index is 10.8. The van der Waals surface area contributed by atoms with Crippen molar-refractivity contribution in [3.63, 3.8) is 0 Å². The van der Waals surface area contributed by atoms with Crippen molar-refractivity contribution in [2.45, 2.75) is 24.1 Å². The second kappa shape index (κ2) is 5.22. The predicted molar refractivity (Wildman–Crippen MR) is 46.1 cm³/mol. The van der Waals surface area contributed by atoms with Crippen LogP contribution in [0.1, 0.15) is 12.0 Å². The third-order valence-corrected chi connectivity index (χ3v) is 2.76. The second-order valence-corrected chi connectivity index (χ2v) is 4.71. The molecule has 0 fully saturated rings. The minimum atomic E-state index is -0.928. The fourth-order valence-corrected chi connectivity index (χ4v) is 1.78. The first-order valence-corrected chi connectivity index (χ1v) is 6.17. The Morgan fingerprint density at radius 2 is 1.92 bits per heavy atom. The zero-order valence-electron chi connectivity index (χ0n) is 7.25. The Kier molecular flexibility index (Phi) is 4.18. The van der Waals surface area contributed by atoms with Gasteiger partial charge in [0.2, 0.25) is 0 Å². The van der Waals surface area contributed by atoms with E-state index in [-0.39, 0.29) is 0 Å². The van der Waals surface area contributed by atoms with Crippen LogP contribution in [0.2, 0.25) is 11.2 Å². The molecule has 1 rings (SSSR count). The molecular formula is C10H14CoO. The standard InChI is InChI=1S/C9H11.CH3.Co.O/c1-2-6-9-7-4-3-5-8-9;;;/h3-5,7-8H,1-2,6H2;1H3;;. The van der Waals surface area contributed by atoms with Gasteiger partial charge in [-0.25, -0.2) is 0 Å². The average Bonchev–Trinajstić information content (AvgIpc) is 2.05. The number of benzene rings is 1. The summed E-state index contributed by atoms with van der Waals surface area (Å²) in [5, 5.41) is 0.849. The summed E-state index contributed by atoms with van der Waals surface area (Å²) in [7, 11) is 0. The summed E-state index contributed by atoms with van der Waals surface area (Å²) in [5.41, 5.74) is 1.34. The molecule has 69 valence electrons. The van der Waals surface area contributed by atoms with E-state index in [1.165, 1.54) is 5.56 Å². The quantitative estimate of drug-likeness (QED) is 0.744. The number of rotatable bonds is 4. The number of hydrogen-bond donors (Lipinski definition) is 0. The summed E-state index contributed by atoms with van der Waals surface area (Å²) < 4.78 is 10.8. The van der Waals surface area contributed by atoms with Crippen LogP contribution in [-0.2, 0) is 23.9 Å². The first kappa shape index (κ1) is 9.61. The molecule has 0 spiro atoms. The molecule has 12 heavy (non-hydrogen) atoms. The van der Waals surface area contributed by atoms with E-state index in [1.54, 1.807) is 5.86 Å². The van der Waals surface area contributed by atoms with Crippen LogP contribution in [-0.4, -0.2) is 0 Å². The Balaban J connectivity index is 2.29. The van der Waals surface area contributed by atoms with E-state index in [0.29, 0.717) is 0 Å². The zero-order chi connectivity index (χ0) is 8.81. The van der Waals surface area contributed by atoms with Crippen LogP contribution in [0.5, 0.6) is 0 Å². The van der Waals surface area contributed by atoms with Crippen LogP contribution in [0.4, 0.5) is 0 Å². The van der Waals surface area contributed by atoms with Gasteiger partial charge in [-0.15, -0.1) is 0 Å². The van der Waals surface area contributed by atoms with Gasteiger partial charge in [-0.05, 0) is 0 Å². The van der Waals surface area contributed by atoms with Crippen molar-refractivity contribution in [3.05, 3.63) is 35.9 Å². The van der Waals surface area contributed by atoms with Gasteiger partial charge in [-0.1, -0.05) is 0 Å². The Hall–Kier alpha value is -0.474. The van der Waals surface area contributed by atoms with Crippen molar-refractivity contribution in [2.24, 2.45) is 0 Å². The summed E-state index contributed by atoms with van der Waals surface area (Å²) >= 11 is -0.928. The summed E-state index contributed by atoms with van der Waals surface area (Å²) in [6.07, 6.45) is 2.09. The Labute approximate surface area is 77.8 Å². The molecule has 0 atom stereocenters. The van der Waals surface area contributed by atoms with Gasteiger partial charge in [-0.2, -0.15) is 0 Å². The second-order valence-electron chi connectivity index (χ2n) is 2.72. The van der Waals surface area contributed by atoms with E-state index in [2.05, 4.69) is 12.1 Å². The van der Waals surface area contributed by atoms with Crippen molar-refractivity contribution in [2.75, 3.05) is 0 Å². The molecule has 2 heteroatoms. The first-order chi connectivity index (χ1) is 5.79. The van der Waals surface area contributed by atoms with Crippen molar-refractivity contribution in [1.82, 2.24) is 0 Å². The molecule has 0 saturated carbocycles. The van der Waals surface area contributed by atoms with Gasteiger partial charge in [-0.3, -0.25) is 0 Å². The monoisotopic (exact) mass is 209 g/mol. The molecular weight excluding hydrogens is 195 g/mol. The molecule has 1 aromatic rings. The van der Waals surface area contributed by atoms with E-state index in [4.69, 9.17) is 0 Å². The molecule has 0 radical (unpaired) electrons. The minimum absolute atomic E-state index is 0.849. The summed E-state index contributed by atoms with van der Waals surface area (Å²) in [6.45, 7) is 0. The molecule has 0 aliphatic rings. The van der Waals surface area contributed by atoms with Gasteiger partial charge < -0.3 is 0 Å². The molecule has 0 aliphatic heterocycles. The molecule has 0 amide bonds. The van der Waals surface area contributed by atoms with Crippen LogP contribution in [0.25, 0.3) is 0 Å². The van der Waals surface area contributed by atoms with E-state index >= 15 is 0 Å². The van der Waals surface area contributed by atoms with E-state index in [0.717, 1.165) is 18.2 Å². The van der Waals surface area contributed by atoms with E-state index in [1.807, 2.05) is 18.2 Å². The van der Waals surface area contributed by atoms with Gasteiger partial charge in [0, 0.05) is 0 Å². The molecule has 0 heterocycles. The fraction of sp³-hybridized carbons (Fsp3) is 0.400. The molecule has 0 saturated heterocycles. The van der Waals surface area contributed by atoms with Crippen molar-refractivity contribution in [3.8, 4) is 0 Å². The molecule has 0 aromatic heterocycles. The van der Waals surface area contributed by atoms with Gasteiger partial charge >= 0.3 is 77.4 Å². The first-order valence-electron chi connectivity index (χ1n) is 3.97. The zero-order valence-corrected chi connectivity index (χ0v) is 8.29. The molecule has 0 bridgehead atoms. The molecule has 0 N–H and O–H groups in total. The molecule has 1 nitrogen and oxygen atoms in total. The van der Waals surface area contributed by atoms with Gasteiger partial charge in [0.25, 0.3) is 0 Å². The Morgan fingerprint density at radius 1 is 1.25 bits per heavy atom. The third kappa shape index (κ3) is 3.79. The molecule has 1 aromatic carbocycles.